The lowest BCUT2D eigenvalue weighted by molar-refractivity contribution is -0.121. The van der Waals surface area contributed by atoms with Crippen LogP contribution in [0.3, 0.4) is 0 Å². The van der Waals surface area contributed by atoms with E-state index in [1.807, 2.05) is 87.6 Å². The Kier molecular flexibility index (Phi) is 6.23. The lowest BCUT2D eigenvalue weighted by Gasteiger charge is -2.28. The number of ether oxygens (including phenoxy) is 2. The third-order valence-corrected chi connectivity index (χ3v) is 5.49. The van der Waals surface area contributed by atoms with Crippen molar-refractivity contribution in [1.82, 2.24) is 4.90 Å². The molecular formula is C26H28N2O3. The second-order valence-corrected chi connectivity index (χ2v) is 8.01. The highest BCUT2D eigenvalue weighted by molar-refractivity contribution is 5.96. The summed E-state index contributed by atoms with van der Waals surface area (Å²) >= 11 is 0. The average Bonchev–Trinajstić information content (AvgIpc) is 2.77. The molecule has 5 heteroatoms. The number of likely N-dealkylation sites (N-methyl/N-ethyl adjacent to an activating group) is 1. The van der Waals surface area contributed by atoms with E-state index in [0.29, 0.717) is 19.8 Å². The zero-order valence-electron chi connectivity index (χ0n) is 18.2. The molecule has 160 valence electrons. The number of aryl methyl sites for hydroxylation is 2. The standard InChI is InChI=1S/C26H28N2O3/c1-18-9-10-19(2)22(15-18)27-26(29)25(21-7-5-4-6-8-21)28(3)17-20-11-12-23-24(16-20)31-14-13-30-23/h4-12,15-16,25H,13-14,17H2,1-3H3,(H,27,29). The van der Waals surface area contributed by atoms with Gasteiger partial charge in [-0.3, -0.25) is 9.69 Å². The number of nitrogens with zero attached hydrogens (tertiary/aromatic N) is 1. The second-order valence-electron chi connectivity index (χ2n) is 8.01. The number of hydrogen-bond donors (Lipinski definition) is 1. The van der Waals surface area contributed by atoms with Gasteiger partial charge >= 0.3 is 0 Å². The Balaban J connectivity index is 1.59. The van der Waals surface area contributed by atoms with Gasteiger partial charge in [0.05, 0.1) is 0 Å². The third kappa shape index (κ3) is 4.89. The molecule has 0 saturated carbocycles. The topological polar surface area (TPSA) is 50.8 Å². The molecule has 5 nitrogen and oxygen atoms in total. The fourth-order valence-electron chi connectivity index (χ4n) is 3.88. The molecule has 31 heavy (non-hydrogen) atoms. The number of carbonyl (C=O) groups is 1. The monoisotopic (exact) mass is 416 g/mol. The summed E-state index contributed by atoms with van der Waals surface area (Å²) in [4.78, 5) is 15.5. The maximum Gasteiger partial charge on any atom is 0.246 e. The highest BCUT2D eigenvalue weighted by atomic mass is 16.6. The summed E-state index contributed by atoms with van der Waals surface area (Å²) in [5.41, 5.74) is 5.01. The van der Waals surface area contributed by atoms with Crippen LogP contribution >= 0.6 is 0 Å². The van der Waals surface area contributed by atoms with E-state index in [1.165, 1.54) is 0 Å². The molecule has 0 aromatic heterocycles. The van der Waals surface area contributed by atoms with E-state index in [-0.39, 0.29) is 5.91 Å². The Morgan fingerprint density at radius 3 is 2.48 bits per heavy atom. The summed E-state index contributed by atoms with van der Waals surface area (Å²) in [7, 11) is 1.97. The fraction of sp³-hybridized carbons (Fsp3) is 0.269. The predicted octanol–water partition coefficient (Wildman–Crippen LogP) is 4.89. The van der Waals surface area contributed by atoms with Crippen LogP contribution in [0.4, 0.5) is 5.69 Å². The Morgan fingerprint density at radius 2 is 1.71 bits per heavy atom. The van der Waals surface area contributed by atoms with E-state index in [0.717, 1.165) is 39.4 Å². The van der Waals surface area contributed by atoms with Crippen LogP contribution in [-0.2, 0) is 11.3 Å². The second kappa shape index (κ2) is 9.23. The van der Waals surface area contributed by atoms with E-state index in [9.17, 15) is 4.79 Å². The third-order valence-electron chi connectivity index (χ3n) is 5.49. The summed E-state index contributed by atoms with van der Waals surface area (Å²) < 4.78 is 11.3. The molecule has 1 atom stereocenters. The number of nitrogens with one attached hydrogen (secondary N) is 1. The van der Waals surface area contributed by atoms with E-state index in [4.69, 9.17) is 9.47 Å². The van der Waals surface area contributed by atoms with Gasteiger partial charge < -0.3 is 14.8 Å². The summed E-state index contributed by atoms with van der Waals surface area (Å²) in [5, 5.41) is 3.14. The Labute approximate surface area is 183 Å². The first-order chi connectivity index (χ1) is 15.0. The SMILES string of the molecule is Cc1ccc(C)c(NC(=O)C(c2ccccc2)N(C)Cc2ccc3c(c2)OCCO3)c1. The lowest BCUT2D eigenvalue weighted by Crippen LogP contribution is -2.34. The van der Waals surface area contributed by atoms with Crippen molar-refractivity contribution in [2.24, 2.45) is 0 Å². The van der Waals surface area contributed by atoms with Gasteiger partial charge in [0.15, 0.2) is 11.5 Å². The lowest BCUT2D eigenvalue weighted by atomic mass is 10.0. The Morgan fingerprint density at radius 1 is 0.968 bits per heavy atom. The number of amides is 1. The smallest absolute Gasteiger partial charge is 0.246 e. The van der Waals surface area contributed by atoms with Gasteiger partial charge in [-0.2, -0.15) is 0 Å². The van der Waals surface area contributed by atoms with Crippen molar-refractivity contribution in [2.45, 2.75) is 26.4 Å². The van der Waals surface area contributed by atoms with Crippen molar-refractivity contribution >= 4 is 11.6 Å². The molecule has 0 saturated heterocycles. The van der Waals surface area contributed by atoms with E-state index in [1.54, 1.807) is 0 Å². The zero-order chi connectivity index (χ0) is 21.8. The number of fused-ring (bicyclic) bond motifs is 1. The maximum absolute atomic E-state index is 13.4. The molecule has 3 aromatic rings. The molecule has 0 aliphatic carbocycles. The van der Waals surface area contributed by atoms with E-state index < -0.39 is 6.04 Å². The largest absolute Gasteiger partial charge is 0.486 e. The van der Waals surface area contributed by atoms with Crippen LogP contribution < -0.4 is 14.8 Å². The minimum atomic E-state index is -0.436. The molecule has 0 radical (unpaired) electrons. The van der Waals surface area contributed by atoms with Gasteiger partial charge in [-0.05, 0) is 61.3 Å². The highest BCUT2D eigenvalue weighted by Crippen LogP contribution is 2.32. The van der Waals surface area contributed by atoms with Gasteiger partial charge in [0.2, 0.25) is 5.91 Å². The molecule has 1 N–H and O–H groups in total. The first-order valence-corrected chi connectivity index (χ1v) is 10.5. The number of carbonyl (C=O) groups excluding carboxylic acids is 1. The van der Waals surface area contributed by atoms with Gasteiger partial charge in [-0.15, -0.1) is 0 Å². The van der Waals surface area contributed by atoms with Gasteiger partial charge in [-0.25, -0.2) is 0 Å². The van der Waals surface area contributed by atoms with Crippen molar-refractivity contribution in [2.75, 3.05) is 25.6 Å². The summed E-state index contributed by atoms with van der Waals surface area (Å²) in [6, 6.07) is 21.5. The summed E-state index contributed by atoms with van der Waals surface area (Å²) in [5.74, 6) is 1.47. The van der Waals surface area contributed by atoms with Crippen LogP contribution in [0, 0.1) is 13.8 Å². The van der Waals surface area contributed by atoms with Gasteiger partial charge in [0.25, 0.3) is 0 Å². The van der Waals surface area contributed by atoms with E-state index >= 15 is 0 Å². The minimum absolute atomic E-state index is 0.0556. The molecule has 0 spiro atoms. The average molecular weight is 417 g/mol. The predicted molar refractivity (Wildman–Crippen MR) is 123 cm³/mol. The molecule has 4 rings (SSSR count). The summed E-state index contributed by atoms with van der Waals surface area (Å²) in [6.45, 7) is 5.75. The van der Waals surface area contributed by atoms with Crippen molar-refractivity contribution < 1.29 is 14.3 Å². The number of anilines is 1. The molecular weight excluding hydrogens is 388 g/mol. The summed E-state index contributed by atoms with van der Waals surface area (Å²) in [6.07, 6.45) is 0. The molecule has 1 heterocycles. The molecule has 1 amide bonds. The molecule has 1 unspecified atom stereocenters. The van der Waals surface area contributed by atoms with Crippen molar-refractivity contribution in [1.29, 1.82) is 0 Å². The number of hydrogen-bond acceptors (Lipinski definition) is 4. The van der Waals surface area contributed by atoms with Gasteiger partial charge in [0, 0.05) is 12.2 Å². The minimum Gasteiger partial charge on any atom is -0.486 e. The van der Waals surface area contributed by atoms with Crippen LogP contribution in [0.1, 0.15) is 28.3 Å². The highest BCUT2D eigenvalue weighted by Gasteiger charge is 2.26. The van der Waals surface area contributed by atoms with E-state index in [2.05, 4.69) is 10.2 Å². The first kappa shape index (κ1) is 20.9. The van der Waals surface area contributed by atoms with Crippen molar-refractivity contribution in [3.05, 3.63) is 89.0 Å². The molecule has 0 fully saturated rings. The first-order valence-electron chi connectivity index (χ1n) is 10.5. The van der Waals surface area contributed by atoms with Crippen molar-refractivity contribution in [3.63, 3.8) is 0 Å². The molecule has 0 bridgehead atoms. The molecule has 1 aliphatic rings. The maximum atomic E-state index is 13.4. The van der Waals surface area contributed by atoms with Crippen molar-refractivity contribution in [3.8, 4) is 11.5 Å². The normalized spacial score (nSPS) is 13.7. The number of benzene rings is 3. The molecule has 1 aliphatic heterocycles. The quantitative estimate of drug-likeness (QED) is 0.622. The number of rotatable bonds is 6. The van der Waals surface area contributed by atoms with Crippen LogP contribution in [0.5, 0.6) is 11.5 Å². The van der Waals surface area contributed by atoms with Crippen LogP contribution in [0.15, 0.2) is 66.7 Å². The van der Waals surface area contributed by atoms with Crippen LogP contribution in [0.25, 0.3) is 0 Å². The Hall–Kier alpha value is -3.31. The molecule has 3 aromatic carbocycles. The Bertz CT molecular complexity index is 1070. The zero-order valence-corrected chi connectivity index (χ0v) is 18.2. The fourth-order valence-corrected chi connectivity index (χ4v) is 3.88. The van der Waals surface area contributed by atoms with Crippen LogP contribution in [-0.4, -0.2) is 31.1 Å². The van der Waals surface area contributed by atoms with Gasteiger partial charge in [0.1, 0.15) is 19.3 Å². The van der Waals surface area contributed by atoms with Gasteiger partial charge in [-0.1, -0.05) is 48.5 Å². The van der Waals surface area contributed by atoms with Crippen LogP contribution in [0.2, 0.25) is 0 Å².